The van der Waals surface area contributed by atoms with Crippen LogP contribution >= 0.6 is 0 Å². The average Bonchev–Trinajstić information content (AvgIpc) is 4.12. The largest absolute Gasteiger partial charge is 0.454 e. The van der Waals surface area contributed by atoms with E-state index in [0.29, 0.717) is 0 Å². The summed E-state index contributed by atoms with van der Waals surface area (Å²) in [5.74, 6) is 0. The number of nitrogens with zero attached hydrogens (tertiary/aromatic N) is 2. The van der Waals surface area contributed by atoms with Gasteiger partial charge in [-0.3, -0.25) is 0 Å². The third-order valence-corrected chi connectivity index (χ3v) is 14.0. The lowest BCUT2D eigenvalue weighted by molar-refractivity contribution is 0.550. The van der Waals surface area contributed by atoms with E-state index in [1.54, 1.807) is 0 Å². The fourth-order valence-corrected chi connectivity index (χ4v) is 11.1. The van der Waals surface area contributed by atoms with Crippen molar-refractivity contribution in [3.05, 3.63) is 217 Å². The Morgan fingerprint density at radius 1 is 0.419 bits per heavy atom. The Hall–Kier alpha value is -7.62. The number of benzene rings is 9. The summed E-state index contributed by atoms with van der Waals surface area (Å²) in [6, 6.07) is 75.6. The molecule has 2 aliphatic carbocycles. The Balaban J connectivity index is 0.914. The molecule has 2 aliphatic rings. The third kappa shape index (κ3) is 5.24. The number of para-hydroxylation sites is 4. The normalized spacial score (nSPS) is 14.0. The molecule has 0 radical (unpaired) electrons. The number of aromatic nitrogens is 1. The van der Waals surface area contributed by atoms with Crippen LogP contribution in [-0.4, -0.2) is 4.57 Å². The van der Waals surface area contributed by atoms with Crippen LogP contribution in [0.1, 0.15) is 36.8 Å². The van der Waals surface area contributed by atoms with Gasteiger partial charge in [0.05, 0.1) is 16.7 Å². The smallest absolute Gasteiger partial charge is 0.159 e. The standard InChI is InChI=1S/C59H42N2O/c1-2-13-43(14-3-1)61-54-20-8-5-16-48(54)49-34-28-42(38-56(49)61)40-25-31-45(32-26-40)60(55-21-12-18-51-50-17-6-9-22-57(50)62-58(51)55)44-29-23-39(24-30-44)41-27-33-47-46-15-4-7-19-52(46)59(53(47)37-41)35-10-11-36-59/h1-9,12-34,37-38H,10-11,35-36H2. The molecule has 0 bridgehead atoms. The summed E-state index contributed by atoms with van der Waals surface area (Å²) < 4.78 is 9.06. The maximum atomic E-state index is 6.68. The Labute approximate surface area is 360 Å². The SMILES string of the molecule is c1ccc(-n2c3ccccc3c3ccc(-c4ccc(N(c5ccc(-c6ccc7c(c6)C6(CCCC6)c6ccccc6-7)cc5)c5cccc6c5oc5ccccc56)cc4)cc32)cc1. The van der Waals surface area contributed by atoms with E-state index in [4.69, 9.17) is 4.42 Å². The molecule has 0 atom stereocenters. The lowest BCUT2D eigenvalue weighted by Crippen LogP contribution is -2.20. The predicted octanol–water partition coefficient (Wildman–Crippen LogP) is 16.3. The second-order valence-electron chi connectivity index (χ2n) is 17.2. The minimum Gasteiger partial charge on any atom is -0.454 e. The zero-order valence-electron chi connectivity index (χ0n) is 34.3. The molecule has 0 amide bonds. The first-order valence-electron chi connectivity index (χ1n) is 22.0. The summed E-state index contributed by atoms with van der Waals surface area (Å²) in [5.41, 5.74) is 19.3. The molecule has 0 unspecified atom stereocenters. The van der Waals surface area contributed by atoms with Crippen LogP contribution in [0.5, 0.6) is 0 Å². The van der Waals surface area contributed by atoms with E-state index >= 15 is 0 Å². The molecular weight excluding hydrogens is 753 g/mol. The van der Waals surface area contributed by atoms with E-state index in [9.17, 15) is 0 Å². The van der Waals surface area contributed by atoms with Gasteiger partial charge in [-0.2, -0.15) is 0 Å². The first-order valence-corrected chi connectivity index (χ1v) is 22.0. The third-order valence-electron chi connectivity index (χ3n) is 14.0. The molecule has 294 valence electrons. The highest BCUT2D eigenvalue weighted by atomic mass is 16.3. The van der Waals surface area contributed by atoms with Crippen molar-refractivity contribution in [1.29, 1.82) is 0 Å². The second-order valence-corrected chi connectivity index (χ2v) is 17.2. The maximum Gasteiger partial charge on any atom is 0.159 e. The lowest BCUT2D eigenvalue weighted by Gasteiger charge is -2.27. The van der Waals surface area contributed by atoms with Crippen LogP contribution in [0.15, 0.2) is 211 Å². The van der Waals surface area contributed by atoms with Crippen molar-refractivity contribution < 1.29 is 4.42 Å². The molecule has 3 heteroatoms. The molecule has 1 fully saturated rings. The highest BCUT2D eigenvalue weighted by Crippen LogP contribution is 2.57. The maximum absolute atomic E-state index is 6.68. The molecule has 2 aromatic heterocycles. The van der Waals surface area contributed by atoms with E-state index in [1.807, 2.05) is 6.07 Å². The Kier molecular flexibility index (Phi) is 7.77. The first kappa shape index (κ1) is 35.2. The summed E-state index contributed by atoms with van der Waals surface area (Å²) in [4.78, 5) is 2.35. The average molecular weight is 795 g/mol. The molecule has 11 aromatic rings. The quantitative estimate of drug-likeness (QED) is 0.167. The van der Waals surface area contributed by atoms with Crippen molar-refractivity contribution in [2.24, 2.45) is 0 Å². The zero-order valence-corrected chi connectivity index (χ0v) is 34.3. The van der Waals surface area contributed by atoms with E-state index < -0.39 is 0 Å². The van der Waals surface area contributed by atoms with Gasteiger partial charge < -0.3 is 13.9 Å². The molecule has 1 saturated carbocycles. The van der Waals surface area contributed by atoms with Gasteiger partial charge in [0.25, 0.3) is 0 Å². The number of fused-ring (bicyclic) bond motifs is 11. The van der Waals surface area contributed by atoms with Crippen molar-refractivity contribution in [3.63, 3.8) is 0 Å². The number of anilines is 3. The van der Waals surface area contributed by atoms with Gasteiger partial charge >= 0.3 is 0 Å². The van der Waals surface area contributed by atoms with Gasteiger partial charge in [-0.05, 0) is 124 Å². The summed E-state index contributed by atoms with van der Waals surface area (Å²) in [6.07, 6.45) is 5.04. The Bertz CT molecular complexity index is 3510. The molecule has 0 saturated heterocycles. The van der Waals surface area contributed by atoms with Gasteiger partial charge in [0, 0.05) is 44.0 Å². The number of hydrogen-bond donors (Lipinski definition) is 0. The fraction of sp³-hybridized carbons (Fsp3) is 0.0847. The number of furan rings is 1. The Morgan fingerprint density at radius 3 is 1.81 bits per heavy atom. The van der Waals surface area contributed by atoms with Crippen LogP contribution in [0.25, 0.3) is 82.8 Å². The summed E-state index contributed by atoms with van der Waals surface area (Å²) >= 11 is 0. The van der Waals surface area contributed by atoms with Crippen LogP contribution in [-0.2, 0) is 5.41 Å². The van der Waals surface area contributed by atoms with Crippen molar-refractivity contribution in [1.82, 2.24) is 4.57 Å². The summed E-state index contributed by atoms with van der Waals surface area (Å²) in [5, 5.41) is 4.74. The monoisotopic (exact) mass is 794 g/mol. The van der Waals surface area contributed by atoms with Crippen LogP contribution in [0.4, 0.5) is 17.1 Å². The van der Waals surface area contributed by atoms with Crippen LogP contribution < -0.4 is 4.90 Å². The van der Waals surface area contributed by atoms with Crippen molar-refractivity contribution in [2.75, 3.05) is 4.90 Å². The topological polar surface area (TPSA) is 21.3 Å². The van der Waals surface area contributed by atoms with Crippen LogP contribution in [0.3, 0.4) is 0 Å². The van der Waals surface area contributed by atoms with E-state index in [1.165, 1.54) is 86.4 Å². The molecule has 13 rings (SSSR count). The summed E-state index contributed by atoms with van der Waals surface area (Å²) in [7, 11) is 0. The number of hydrogen-bond acceptors (Lipinski definition) is 2. The number of rotatable bonds is 6. The second kappa shape index (κ2) is 13.7. The minimum atomic E-state index is 0.141. The van der Waals surface area contributed by atoms with Crippen LogP contribution in [0, 0.1) is 0 Å². The van der Waals surface area contributed by atoms with E-state index in [2.05, 4.69) is 210 Å². The fourth-order valence-electron chi connectivity index (χ4n) is 11.1. The van der Waals surface area contributed by atoms with Gasteiger partial charge in [0.1, 0.15) is 5.58 Å². The summed E-state index contributed by atoms with van der Waals surface area (Å²) in [6.45, 7) is 0. The van der Waals surface area contributed by atoms with Crippen molar-refractivity contribution in [2.45, 2.75) is 31.1 Å². The molecule has 9 aromatic carbocycles. The minimum absolute atomic E-state index is 0.141. The highest BCUT2D eigenvalue weighted by molar-refractivity contribution is 6.11. The predicted molar refractivity (Wildman–Crippen MR) is 258 cm³/mol. The molecular formula is C59H42N2O. The molecule has 1 spiro atoms. The van der Waals surface area contributed by atoms with Gasteiger partial charge in [0.15, 0.2) is 5.58 Å². The van der Waals surface area contributed by atoms with Crippen molar-refractivity contribution >= 4 is 60.8 Å². The molecule has 0 aliphatic heterocycles. The van der Waals surface area contributed by atoms with E-state index in [-0.39, 0.29) is 5.41 Å². The molecule has 62 heavy (non-hydrogen) atoms. The van der Waals surface area contributed by atoms with Gasteiger partial charge in [0.2, 0.25) is 0 Å². The molecule has 0 N–H and O–H groups in total. The van der Waals surface area contributed by atoms with E-state index in [0.717, 1.165) is 50.3 Å². The van der Waals surface area contributed by atoms with Crippen molar-refractivity contribution in [3.8, 4) is 39.1 Å². The zero-order chi connectivity index (χ0) is 40.8. The van der Waals surface area contributed by atoms with Gasteiger partial charge in [-0.25, -0.2) is 0 Å². The Morgan fingerprint density at radius 2 is 1.02 bits per heavy atom. The van der Waals surface area contributed by atoms with Gasteiger partial charge in [-0.15, -0.1) is 0 Å². The molecule has 2 heterocycles. The van der Waals surface area contributed by atoms with Crippen LogP contribution in [0.2, 0.25) is 0 Å². The molecule has 3 nitrogen and oxygen atoms in total. The highest BCUT2D eigenvalue weighted by Gasteiger charge is 2.44. The first-order chi connectivity index (χ1) is 30.7. The lowest BCUT2D eigenvalue weighted by atomic mass is 9.76. The van der Waals surface area contributed by atoms with Gasteiger partial charge in [-0.1, -0.05) is 152 Å².